The molecule has 1 fully saturated rings. The highest BCUT2D eigenvalue weighted by atomic mass is 19.1. The van der Waals surface area contributed by atoms with E-state index < -0.39 is 5.95 Å². The van der Waals surface area contributed by atoms with Crippen molar-refractivity contribution < 1.29 is 9.18 Å². The van der Waals surface area contributed by atoms with E-state index in [1.54, 1.807) is 34.0 Å². The molecule has 6 nitrogen and oxygen atoms in total. The van der Waals surface area contributed by atoms with E-state index in [4.69, 9.17) is 0 Å². The van der Waals surface area contributed by atoms with Crippen LogP contribution in [0.5, 0.6) is 0 Å². The summed E-state index contributed by atoms with van der Waals surface area (Å²) < 4.78 is 17.6. The third-order valence-electron chi connectivity index (χ3n) is 5.03. The van der Waals surface area contributed by atoms with E-state index in [9.17, 15) is 9.18 Å². The van der Waals surface area contributed by atoms with Crippen molar-refractivity contribution in [1.82, 2.24) is 24.1 Å². The molecule has 0 N–H and O–H groups in total. The Morgan fingerprint density at radius 2 is 2.16 bits per heavy atom. The molecule has 1 saturated heterocycles. The van der Waals surface area contributed by atoms with Gasteiger partial charge in [0.25, 0.3) is 5.91 Å². The Morgan fingerprint density at radius 1 is 1.36 bits per heavy atom. The van der Waals surface area contributed by atoms with Crippen molar-refractivity contribution in [1.29, 1.82) is 0 Å². The van der Waals surface area contributed by atoms with Gasteiger partial charge in [-0.3, -0.25) is 13.9 Å². The summed E-state index contributed by atoms with van der Waals surface area (Å²) in [6, 6.07) is 5.17. The van der Waals surface area contributed by atoms with Crippen molar-refractivity contribution >= 4 is 11.6 Å². The molecule has 0 aromatic carbocycles. The highest BCUT2D eigenvalue weighted by molar-refractivity contribution is 5.93. The maximum atomic E-state index is 14.6. The monoisotopic (exact) mass is 341 g/mol. The second-order valence-corrected chi connectivity index (χ2v) is 7.35. The smallest absolute Gasteiger partial charge is 0.277 e. The van der Waals surface area contributed by atoms with E-state index in [0.29, 0.717) is 18.7 Å². The number of nitrogens with zero attached hydrogens (tertiary/aromatic N) is 5. The first kappa shape index (κ1) is 15.8. The number of carbonyl (C=O) groups excluding carboxylic acids is 1. The lowest BCUT2D eigenvalue weighted by Crippen LogP contribution is -2.31. The first-order valence-electron chi connectivity index (χ1n) is 8.27. The van der Waals surface area contributed by atoms with Gasteiger partial charge in [-0.15, -0.1) is 0 Å². The molecule has 0 aliphatic carbocycles. The molecule has 1 unspecified atom stereocenters. The van der Waals surface area contributed by atoms with Crippen molar-refractivity contribution in [2.75, 3.05) is 13.1 Å². The summed E-state index contributed by atoms with van der Waals surface area (Å²) in [7, 11) is 1.88. The average Bonchev–Trinajstić information content (AvgIpc) is 3.23. The van der Waals surface area contributed by atoms with Gasteiger partial charge in [0.2, 0.25) is 5.95 Å². The molecule has 1 amide bonds. The largest absolute Gasteiger partial charge is 0.336 e. The SMILES string of the molecule is Cn1cc(C2CN(C(=O)c3nc4ccccn4c3F)CC2(C)C)cn1. The highest BCUT2D eigenvalue weighted by Gasteiger charge is 2.43. The molecular formula is C18H20FN5O. The molecule has 0 bridgehead atoms. The number of aromatic nitrogens is 4. The number of hydrogen-bond acceptors (Lipinski definition) is 3. The number of likely N-dealkylation sites (tertiary alicyclic amines) is 1. The van der Waals surface area contributed by atoms with Crippen LogP contribution in [0, 0.1) is 11.4 Å². The quantitative estimate of drug-likeness (QED) is 0.719. The third-order valence-corrected chi connectivity index (χ3v) is 5.03. The van der Waals surface area contributed by atoms with E-state index in [-0.39, 0.29) is 22.9 Å². The predicted molar refractivity (Wildman–Crippen MR) is 90.8 cm³/mol. The predicted octanol–water partition coefficient (Wildman–Crippen LogP) is 2.47. The average molecular weight is 341 g/mol. The number of aryl methyl sites for hydroxylation is 1. The van der Waals surface area contributed by atoms with Gasteiger partial charge in [-0.2, -0.15) is 9.49 Å². The maximum Gasteiger partial charge on any atom is 0.277 e. The summed E-state index contributed by atoms with van der Waals surface area (Å²) in [5.41, 5.74) is 1.30. The maximum absolute atomic E-state index is 14.6. The van der Waals surface area contributed by atoms with Crippen molar-refractivity contribution in [3.63, 3.8) is 0 Å². The topological polar surface area (TPSA) is 55.4 Å². The molecule has 4 heterocycles. The number of carbonyl (C=O) groups is 1. The van der Waals surface area contributed by atoms with Gasteiger partial charge in [-0.25, -0.2) is 4.98 Å². The molecule has 130 valence electrons. The lowest BCUT2D eigenvalue weighted by atomic mass is 9.79. The molecule has 25 heavy (non-hydrogen) atoms. The van der Waals surface area contributed by atoms with Gasteiger partial charge in [0, 0.05) is 38.4 Å². The lowest BCUT2D eigenvalue weighted by Gasteiger charge is -2.24. The fourth-order valence-electron chi connectivity index (χ4n) is 3.72. The van der Waals surface area contributed by atoms with Gasteiger partial charge in [0.1, 0.15) is 5.65 Å². The zero-order valence-electron chi connectivity index (χ0n) is 14.5. The fourth-order valence-corrected chi connectivity index (χ4v) is 3.72. The van der Waals surface area contributed by atoms with Crippen molar-refractivity contribution in [3.8, 4) is 0 Å². The van der Waals surface area contributed by atoms with Crippen molar-refractivity contribution in [3.05, 3.63) is 54.0 Å². The molecule has 0 saturated carbocycles. The minimum atomic E-state index is -0.608. The number of halogens is 1. The van der Waals surface area contributed by atoms with Crippen molar-refractivity contribution in [2.45, 2.75) is 19.8 Å². The number of hydrogen-bond donors (Lipinski definition) is 0. The Bertz CT molecular complexity index is 957. The molecule has 4 rings (SSSR count). The zero-order valence-corrected chi connectivity index (χ0v) is 14.5. The van der Waals surface area contributed by atoms with E-state index >= 15 is 0 Å². The summed E-state index contributed by atoms with van der Waals surface area (Å²) in [5, 5.41) is 4.24. The normalized spacial score (nSPS) is 19.7. The number of pyridine rings is 1. The van der Waals surface area contributed by atoms with E-state index in [2.05, 4.69) is 23.9 Å². The molecule has 3 aromatic rings. The van der Waals surface area contributed by atoms with E-state index in [0.717, 1.165) is 5.56 Å². The van der Waals surface area contributed by atoms with Crippen molar-refractivity contribution in [2.24, 2.45) is 12.5 Å². The highest BCUT2D eigenvalue weighted by Crippen LogP contribution is 2.42. The Balaban J connectivity index is 1.65. The van der Waals surface area contributed by atoms with Crippen LogP contribution < -0.4 is 0 Å². The van der Waals surface area contributed by atoms with Gasteiger partial charge >= 0.3 is 0 Å². The number of amides is 1. The van der Waals surface area contributed by atoms with Crippen LogP contribution in [0.4, 0.5) is 4.39 Å². The van der Waals surface area contributed by atoms with Crippen LogP contribution in [0.3, 0.4) is 0 Å². The third kappa shape index (κ3) is 2.50. The summed E-state index contributed by atoms with van der Waals surface area (Å²) >= 11 is 0. The van der Waals surface area contributed by atoms with Crippen LogP contribution >= 0.6 is 0 Å². The lowest BCUT2D eigenvalue weighted by molar-refractivity contribution is 0.0767. The number of fused-ring (bicyclic) bond motifs is 1. The van der Waals surface area contributed by atoms with E-state index in [1.807, 2.05) is 19.4 Å². The van der Waals surface area contributed by atoms with Crippen LogP contribution in [-0.2, 0) is 7.05 Å². The van der Waals surface area contributed by atoms with Crippen LogP contribution in [0.2, 0.25) is 0 Å². The minimum Gasteiger partial charge on any atom is -0.336 e. The molecule has 1 aliphatic heterocycles. The van der Waals surface area contributed by atoms with Gasteiger partial charge in [-0.1, -0.05) is 19.9 Å². The molecule has 0 spiro atoms. The standard InChI is InChI=1S/C18H20FN5O/c1-18(2)11-23(10-13(18)12-8-20-22(3)9-12)17(25)15-16(19)24-7-5-4-6-14(24)21-15/h4-9,13H,10-11H2,1-3H3. The first-order chi connectivity index (χ1) is 11.9. The van der Waals surface area contributed by atoms with Crippen LogP contribution in [0.15, 0.2) is 36.8 Å². The Morgan fingerprint density at radius 3 is 2.84 bits per heavy atom. The Labute approximate surface area is 144 Å². The zero-order chi connectivity index (χ0) is 17.8. The van der Waals surface area contributed by atoms with Crippen LogP contribution in [0.25, 0.3) is 5.65 Å². The van der Waals surface area contributed by atoms with Gasteiger partial charge in [0.05, 0.1) is 6.20 Å². The Hall–Kier alpha value is -2.70. The second kappa shape index (κ2) is 5.40. The second-order valence-electron chi connectivity index (χ2n) is 7.35. The van der Waals surface area contributed by atoms with Crippen LogP contribution in [0.1, 0.15) is 35.8 Å². The summed E-state index contributed by atoms with van der Waals surface area (Å²) in [6.45, 7) is 5.33. The molecule has 1 aliphatic rings. The number of rotatable bonds is 2. The molecule has 7 heteroatoms. The summed E-state index contributed by atoms with van der Waals surface area (Å²) in [5.74, 6) is -0.811. The van der Waals surface area contributed by atoms with Crippen LogP contribution in [-0.4, -0.2) is 43.1 Å². The number of imidazole rings is 1. The molecular weight excluding hydrogens is 321 g/mol. The molecule has 0 radical (unpaired) electrons. The summed E-state index contributed by atoms with van der Waals surface area (Å²) in [6.07, 6.45) is 5.39. The fraction of sp³-hybridized carbons (Fsp3) is 0.389. The Kier molecular flexibility index (Phi) is 3.42. The first-order valence-corrected chi connectivity index (χ1v) is 8.27. The van der Waals surface area contributed by atoms with Gasteiger partial charge in [-0.05, 0) is 23.1 Å². The summed E-state index contributed by atoms with van der Waals surface area (Å²) in [4.78, 5) is 18.8. The van der Waals surface area contributed by atoms with Gasteiger partial charge in [0.15, 0.2) is 5.69 Å². The molecule has 3 aromatic heterocycles. The minimum absolute atomic E-state index is 0.117. The van der Waals surface area contributed by atoms with Gasteiger partial charge < -0.3 is 4.90 Å². The molecule has 1 atom stereocenters. The van der Waals surface area contributed by atoms with E-state index in [1.165, 1.54) is 4.40 Å².